The Balaban J connectivity index is 2.38. The standard InChI is InChI=1S/C12H19O2P/c1-5-12(3,4)14-15-13-11-8-6-7-10(2)9-11/h6-9,15H,5H2,1-4H3. The number of hydrogen-bond donors (Lipinski definition) is 0. The van der Waals surface area contributed by atoms with Gasteiger partial charge in [0, 0.05) is 0 Å². The van der Waals surface area contributed by atoms with E-state index in [1.807, 2.05) is 31.2 Å². The molecular formula is C12H19O2P. The highest BCUT2D eigenvalue weighted by molar-refractivity contribution is 7.26. The highest BCUT2D eigenvalue weighted by Gasteiger charge is 2.15. The largest absolute Gasteiger partial charge is 0.450 e. The van der Waals surface area contributed by atoms with Crippen LogP contribution >= 0.6 is 9.03 Å². The van der Waals surface area contributed by atoms with Crippen molar-refractivity contribution in [3.05, 3.63) is 29.8 Å². The summed E-state index contributed by atoms with van der Waals surface area (Å²) in [6.45, 7) is 8.29. The van der Waals surface area contributed by atoms with Crippen LogP contribution < -0.4 is 4.52 Å². The van der Waals surface area contributed by atoms with Crippen LogP contribution in [0.1, 0.15) is 32.8 Å². The molecule has 0 aromatic heterocycles. The molecule has 0 heterocycles. The molecule has 0 N–H and O–H groups in total. The molecule has 1 aromatic carbocycles. The lowest BCUT2D eigenvalue weighted by Crippen LogP contribution is -2.18. The van der Waals surface area contributed by atoms with Crippen molar-refractivity contribution < 1.29 is 9.05 Å². The van der Waals surface area contributed by atoms with E-state index >= 15 is 0 Å². The average molecular weight is 226 g/mol. The van der Waals surface area contributed by atoms with Crippen LogP contribution in [0.4, 0.5) is 0 Å². The van der Waals surface area contributed by atoms with Crippen LogP contribution in [0.15, 0.2) is 24.3 Å². The quantitative estimate of drug-likeness (QED) is 0.704. The van der Waals surface area contributed by atoms with E-state index in [1.54, 1.807) is 0 Å². The lowest BCUT2D eigenvalue weighted by molar-refractivity contribution is 0.117. The summed E-state index contributed by atoms with van der Waals surface area (Å²) < 4.78 is 11.2. The van der Waals surface area contributed by atoms with Crippen LogP contribution in [-0.2, 0) is 4.52 Å². The van der Waals surface area contributed by atoms with E-state index < -0.39 is 0 Å². The van der Waals surface area contributed by atoms with Crippen LogP contribution in [0.25, 0.3) is 0 Å². The van der Waals surface area contributed by atoms with Crippen molar-refractivity contribution in [1.29, 1.82) is 0 Å². The minimum Gasteiger partial charge on any atom is -0.450 e. The minimum atomic E-state index is -0.0950. The maximum Gasteiger partial charge on any atom is 0.215 e. The van der Waals surface area contributed by atoms with Crippen LogP contribution in [0.3, 0.4) is 0 Å². The van der Waals surface area contributed by atoms with E-state index in [1.165, 1.54) is 5.56 Å². The lowest BCUT2D eigenvalue weighted by atomic mass is 10.1. The van der Waals surface area contributed by atoms with E-state index in [9.17, 15) is 0 Å². The number of aryl methyl sites for hydroxylation is 1. The maximum atomic E-state index is 5.63. The zero-order chi connectivity index (χ0) is 11.3. The summed E-state index contributed by atoms with van der Waals surface area (Å²) in [6.07, 6.45) is 0.983. The van der Waals surface area contributed by atoms with Gasteiger partial charge in [-0.2, -0.15) is 0 Å². The predicted octanol–water partition coefficient (Wildman–Crippen LogP) is 4.09. The van der Waals surface area contributed by atoms with Crippen molar-refractivity contribution in [2.45, 2.75) is 39.7 Å². The Morgan fingerprint density at radius 3 is 2.67 bits per heavy atom. The highest BCUT2D eigenvalue weighted by Crippen LogP contribution is 2.28. The van der Waals surface area contributed by atoms with E-state index in [0.29, 0.717) is 0 Å². The van der Waals surface area contributed by atoms with Gasteiger partial charge in [0.25, 0.3) is 0 Å². The molecule has 0 saturated carbocycles. The Kier molecular flexibility index (Phi) is 4.56. The molecule has 0 bridgehead atoms. The van der Waals surface area contributed by atoms with Gasteiger partial charge in [-0.05, 0) is 44.9 Å². The first-order valence-corrected chi connectivity index (χ1v) is 6.02. The fourth-order valence-electron chi connectivity index (χ4n) is 0.933. The van der Waals surface area contributed by atoms with Gasteiger partial charge >= 0.3 is 0 Å². The highest BCUT2D eigenvalue weighted by atomic mass is 31.1. The van der Waals surface area contributed by atoms with Crippen LogP contribution in [0.2, 0.25) is 0 Å². The molecule has 0 aliphatic heterocycles. The molecule has 0 radical (unpaired) electrons. The Bertz CT molecular complexity index is 310. The number of benzene rings is 1. The lowest BCUT2D eigenvalue weighted by Gasteiger charge is -2.22. The van der Waals surface area contributed by atoms with E-state index in [-0.39, 0.29) is 14.6 Å². The van der Waals surface area contributed by atoms with Crippen molar-refractivity contribution in [2.75, 3.05) is 0 Å². The molecule has 15 heavy (non-hydrogen) atoms. The topological polar surface area (TPSA) is 18.5 Å². The molecule has 1 rings (SSSR count). The molecule has 0 saturated heterocycles. The molecule has 3 heteroatoms. The van der Waals surface area contributed by atoms with Crippen LogP contribution in [0, 0.1) is 6.92 Å². The fourth-order valence-corrected chi connectivity index (χ4v) is 1.57. The van der Waals surface area contributed by atoms with Gasteiger partial charge in [0.05, 0.1) is 5.60 Å². The van der Waals surface area contributed by atoms with Crippen molar-refractivity contribution in [1.82, 2.24) is 0 Å². The molecule has 2 nitrogen and oxygen atoms in total. The summed E-state index contributed by atoms with van der Waals surface area (Å²) in [6, 6.07) is 7.99. The molecule has 84 valence electrons. The molecule has 0 aliphatic rings. The maximum absolute atomic E-state index is 5.63. The SMILES string of the molecule is CCC(C)(C)OPOc1cccc(C)c1. The summed E-state index contributed by atoms with van der Waals surface area (Å²) >= 11 is 0. The van der Waals surface area contributed by atoms with Gasteiger partial charge in [0.15, 0.2) is 0 Å². The smallest absolute Gasteiger partial charge is 0.215 e. The van der Waals surface area contributed by atoms with Crippen molar-refractivity contribution in [3.8, 4) is 5.75 Å². The summed E-state index contributed by atoms with van der Waals surface area (Å²) in [7, 11) is 0.0642. The first-order valence-electron chi connectivity index (χ1n) is 5.20. The summed E-state index contributed by atoms with van der Waals surface area (Å²) in [4.78, 5) is 0. The van der Waals surface area contributed by atoms with Crippen LogP contribution in [0.5, 0.6) is 5.75 Å². The zero-order valence-electron chi connectivity index (χ0n) is 9.83. The number of hydrogen-bond acceptors (Lipinski definition) is 2. The molecule has 0 fully saturated rings. The van der Waals surface area contributed by atoms with Crippen molar-refractivity contribution >= 4 is 9.03 Å². The third-order valence-electron chi connectivity index (χ3n) is 2.32. The van der Waals surface area contributed by atoms with Crippen molar-refractivity contribution in [3.63, 3.8) is 0 Å². The Morgan fingerprint density at radius 1 is 1.33 bits per heavy atom. The first-order chi connectivity index (χ1) is 7.03. The summed E-state index contributed by atoms with van der Waals surface area (Å²) in [5, 5.41) is 0. The van der Waals surface area contributed by atoms with Gasteiger partial charge in [-0.3, -0.25) is 0 Å². The third kappa shape index (κ3) is 4.63. The van der Waals surface area contributed by atoms with E-state index in [4.69, 9.17) is 9.05 Å². The molecule has 0 spiro atoms. The minimum absolute atomic E-state index is 0.0642. The number of rotatable bonds is 5. The van der Waals surface area contributed by atoms with Crippen molar-refractivity contribution in [2.24, 2.45) is 0 Å². The monoisotopic (exact) mass is 226 g/mol. The van der Waals surface area contributed by atoms with Gasteiger partial charge in [-0.25, -0.2) is 0 Å². The summed E-state index contributed by atoms with van der Waals surface area (Å²) in [5.41, 5.74) is 1.11. The zero-order valence-corrected chi connectivity index (χ0v) is 10.8. The molecule has 1 unspecified atom stereocenters. The molecular weight excluding hydrogens is 207 g/mol. The third-order valence-corrected chi connectivity index (χ3v) is 3.27. The second kappa shape index (κ2) is 5.48. The molecule has 1 aromatic rings. The predicted molar refractivity (Wildman–Crippen MR) is 65.6 cm³/mol. The van der Waals surface area contributed by atoms with Gasteiger partial charge in [0.2, 0.25) is 9.03 Å². The fraction of sp³-hybridized carbons (Fsp3) is 0.500. The Morgan fingerprint density at radius 2 is 2.07 bits per heavy atom. The van der Waals surface area contributed by atoms with Gasteiger partial charge in [-0.15, -0.1) is 0 Å². The van der Waals surface area contributed by atoms with Gasteiger partial charge < -0.3 is 9.05 Å². The normalized spacial score (nSPS) is 12.3. The van der Waals surface area contributed by atoms with Gasteiger partial charge in [-0.1, -0.05) is 19.1 Å². The molecule has 0 aliphatic carbocycles. The average Bonchev–Trinajstić information content (AvgIpc) is 2.18. The Hall–Kier alpha value is -0.590. The van der Waals surface area contributed by atoms with E-state index in [0.717, 1.165) is 12.2 Å². The first kappa shape index (κ1) is 12.5. The Labute approximate surface area is 93.9 Å². The van der Waals surface area contributed by atoms with Crippen LogP contribution in [-0.4, -0.2) is 5.60 Å². The summed E-state index contributed by atoms with van der Waals surface area (Å²) in [5.74, 6) is 0.875. The second-order valence-corrected chi connectivity index (χ2v) is 4.79. The molecule has 1 atom stereocenters. The molecule has 0 amide bonds. The van der Waals surface area contributed by atoms with E-state index in [2.05, 4.69) is 20.8 Å². The van der Waals surface area contributed by atoms with Gasteiger partial charge in [0.1, 0.15) is 5.75 Å². The second-order valence-electron chi connectivity index (χ2n) is 4.22.